The monoisotopic (exact) mass is 366 g/mol. The number of anilines is 1. The van der Waals surface area contributed by atoms with Crippen LogP contribution >= 0.6 is 0 Å². The molecule has 1 N–H and O–H groups in total. The molecule has 0 radical (unpaired) electrons. The maximum Gasteiger partial charge on any atom is 0.417 e. The van der Waals surface area contributed by atoms with Gasteiger partial charge in [-0.3, -0.25) is 14.4 Å². The number of pyridine rings is 1. The molecule has 0 aliphatic carbocycles. The molecular formula is C18H17F3N2O3. The number of amides is 1. The van der Waals surface area contributed by atoms with Gasteiger partial charge in [0.15, 0.2) is 5.78 Å². The van der Waals surface area contributed by atoms with E-state index in [1.54, 1.807) is 0 Å². The van der Waals surface area contributed by atoms with Crippen molar-refractivity contribution >= 4 is 17.4 Å². The van der Waals surface area contributed by atoms with Crippen molar-refractivity contribution in [1.82, 2.24) is 4.57 Å². The lowest BCUT2D eigenvalue weighted by molar-refractivity contribution is -0.138. The van der Waals surface area contributed by atoms with Gasteiger partial charge in [0.1, 0.15) is 0 Å². The van der Waals surface area contributed by atoms with Crippen molar-refractivity contribution in [3.63, 3.8) is 0 Å². The average molecular weight is 366 g/mol. The maximum absolute atomic E-state index is 12.7. The summed E-state index contributed by atoms with van der Waals surface area (Å²) in [7, 11) is 0. The molecule has 2 rings (SSSR count). The summed E-state index contributed by atoms with van der Waals surface area (Å²) in [5, 5.41) is 2.66. The van der Waals surface area contributed by atoms with Gasteiger partial charge < -0.3 is 9.88 Å². The van der Waals surface area contributed by atoms with E-state index in [1.807, 2.05) is 6.92 Å². The second-order valence-corrected chi connectivity index (χ2v) is 5.68. The number of hydrogen-bond donors (Lipinski definition) is 1. The number of benzene rings is 1. The third kappa shape index (κ3) is 5.05. The van der Waals surface area contributed by atoms with Crippen molar-refractivity contribution in [2.45, 2.75) is 32.5 Å². The Labute approximate surface area is 147 Å². The van der Waals surface area contributed by atoms with Crippen molar-refractivity contribution in [1.29, 1.82) is 0 Å². The number of rotatable bonds is 6. The molecule has 0 aliphatic heterocycles. The van der Waals surface area contributed by atoms with Gasteiger partial charge in [-0.05, 0) is 36.8 Å². The Balaban J connectivity index is 2.13. The molecule has 5 nitrogen and oxygen atoms in total. The predicted octanol–water partition coefficient (Wildman–Crippen LogP) is 3.49. The summed E-state index contributed by atoms with van der Waals surface area (Å²) in [4.78, 5) is 35.4. The Hall–Kier alpha value is -2.90. The molecule has 0 atom stereocenters. The number of aromatic nitrogens is 1. The summed E-state index contributed by atoms with van der Waals surface area (Å²) >= 11 is 0. The summed E-state index contributed by atoms with van der Waals surface area (Å²) in [5.74, 6) is -0.667. The Morgan fingerprint density at radius 1 is 1.08 bits per heavy atom. The van der Waals surface area contributed by atoms with Crippen molar-refractivity contribution < 1.29 is 22.8 Å². The van der Waals surface area contributed by atoms with Crippen LogP contribution in [0.1, 0.15) is 35.7 Å². The van der Waals surface area contributed by atoms with E-state index in [2.05, 4.69) is 5.32 Å². The Bertz CT molecular complexity index is 855. The van der Waals surface area contributed by atoms with Crippen LogP contribution in [0.15, 0.2) is 47.4 Å². The SMILES string of the molecule is CCCC(=O)Nc1ccc(C(=O)Cn2cc(C(F)(F)F)ccc2=O)cc1. The highest BCUT2D eigenvalue weighted by Crippen LogP contribution is 2.28. The van der Waals surface area contributed by atoms with E-state index < -0.39 is 29.6 Å². The molecule has 0 saturated carbocycles. The molecule has 26 heavy (non-hydrogen) atoms. The highest BCUT2D eigenvalue weighted by molar-refractivity contribution is 5.97. The van der Waals surface area contributed by atoms with Gasteiger partial charge in [-0.2, -0.15) is 13.2 Å². The first kappa shape index (κ1) is 19.4. The van der Waals surface area contributed by atoms with Crippen LogP contribution in [-0.2, 0) is 17.5 Å². The zero-order valence-corrected chi connectivity index (χ0v) is 14.0. The average Bonchev–Trinajstić information content (AvgIpc) is 2.56. The third-order valence-electron chi connectivity index (χ3n) is 3.59. The van der Waals surface area contributed by atoms with Crippen molar-refractivity contribution in [3.8, 4) is 0 Å². The van der Waals surface area contributed by atoms with Crippen LogP contribution in [0.25, 0.3) is 0 Å². The number of hydrogen-bond acceptors (Lipinski definition) is 3. The standard InChI is InChI=1S/C18H17F3N2O3/c1-2-3-16(25)22-14-7-4-12(5-8-14)15(24)11-23-10-13(18(19,20)21)6-9-17(23)26/h4-10H,2-3,11H2,1H3,(H,22,25). The number of alkyl halides is 3. The molecule has 0 unspecified atom stereocenters. The van der Waals surface area contributed by atoms with E-state index in [1.165, 1.54) is 24.3 Å². The minimum atomic E-state index is -4.60. The number of nitrogens with zero attached hydrogens (tertiary/aromatic N) is 1. The van der Waals surface area contributed by atoms with Crippen LogP contribution in [0, 0.1) is 0 Å². The first-order chi connectivity index (χ1) is 12.2. The van der Waals surface area contributed by atoms with E-state index in [4.69, 9.17) is 0 Å². The zero-order valence-electron chi connectivity index (χ0n) is 14.0. The predicted molar refractivity (Wildman–Crippen MR) is 90.0 cm³/mol. The molecule has 138 valence electrons. The molecule has 2 aromatic rings. The van der Waals surface area contributed by atoms with Gasteiger partial charge in [-0.25, -0.2) is 0 Å². The van der Waals surface area contributed by atoms with Gasteiger partial charge in [0.05, 0.1) is 12.1 Å². The first-order valence-electron chi connectivity index (χ1n) is 7.91. The summed E-state index contributed by atoms with van der Waals surface area (Å²) in [5.41, 5.74) is -0.965. The first-order valence-corrected chi connectivity index (χ1v) is 7.91. The summed E-state index contributed by atoms with van der Waals surface area (Å²) in [6, 6.07) is 7.40. The third-order valence-corrected chi connectivity index (χ3v) is 3.59. The number of Topliss-reactive ketones (excluding diaryl/α,β-unsaturated/α-hetero) is 1. The van der Waals surface area contributed by atoms with E-state index >= 15 is 0 Å². The molecule has 1 amide bonds. The molecule has 1 aromatic carbocycles. The largest absolute Gasteiger partial charge is 0.417 e. The van der Waals surface area contributed by atoms with Gasteiger partial charge in [-0.1, -0.05) is 6.92 Å². The number of nitrogens with one attached hydrogen (secondary N) is 1. The lowest BCUT2D eigenvalue weighted by atomic mass is 10.1. The normalized spacial score (nSPS) is 11.2. The smallest absolute Gasteiger partial charge is 0.326 e. The molecule has 0 saturated heterocycles. The van der Waals surface area contributed by atoms with Crippen molar-refractivity contribution in [2.75, 3.05) is 5.32 Å². The van der Waals surface area contributed by atoms with E-state index in [0.29, 0.717) is 30.8 Å². The number of carbonyl (C=O) groups is 2. The minimum Gasteiger partial charge on any atom is -0.326 e. The zero-order chi connectivity index (χ0) is 19.3. The number of halogens is 3. The van der Waals surface area contributed by atoms with Crippen LogP contribution in [0.5, 0.6) is 0 Å². The molecule has 1 aromatic heterocycles. The fourth-order valence-corrected chi connectivity index (χ4v) is 2.26. The highest BCUT2D eigenvalue weighted by atomic mass is 19.4. The molecule has 0 bridgehead atoms. The summed E-state index contributed by atoms with van der Waals surface area (Å²) < 4.78 is 38.9. The number of ketones is 1. The van der Waals surface area contributed by atoms with Crippen LogP contribution in [0.4, 0.5) is 18.9 Å². The minimum absolute atomic E-state index is 0.151. The molecule has 0 spiro atoms. The molecule has 1 heterocycles. The number of carbonyl (C=O) groups excluding carboxylic acids is 2. The van der Waals surface area contributed by atoms with Crippen LogP contribution in [0.2, 0.25) is 0 Å². The topological polar surface area (TPSA) is 68.2 Å². The Morgan fingerprint density at radius 2 is 1.73 bits per heavy atom. The van der Waals surface area contributed by atoms with Gasteiger partial charge in [0, 0.05) is 29.9 Å². The van der Waals surface area contributed by atoms with Crippen LogP contribution < -0.4 is 10.9 Å². The van der Waals surface area contributed by atoms with Gasteiger partial charge in [-0.15, -0.1) is 0 Å². The van der Waals surface area contributed by atoms with Crippen LogP contribution in [-0.4, -0.2) is 16.3 Å². The van der Waals surface area contributed by atoms with E-state index in [9.17, 15) is 27.6 Å². The lowest BCUT2D eigenvalue weighted by Gasteiger charge is -2.10. The molecular weight excluding hydrogens is 349 g/mol. The van der Waals surface area contributed by atoms with Gasteiger partial charge in [0.25, 0.3) is 5.56 Å². The second kappa shape index (κ2) is 7.99. The van der Waals surface area contributed by atoms with Crippen molar-refractivity contribution in [2.24, 2.45) is 0 Å². The lowest BCUT2D eigenvalue weighted by Crippen LogP contribution is -2.25. The molecule has 0 aliphatic rings. The van der Waals surface area contributed by atoms with Gasteiger partial charge >= 0.3 is 6.18 Å². The highest BCUT2D eigenvalue weighted by Gasteiger charge is 2.31. The summed E-state index contributed by atoms with van der Waals surface area (Å²) in [6.07, 6.45) is -2.90. The van der Waals surface area contributed by atoms with E-state index in [0.717, 1.165) is 10.6 Å². The van der Waals surface area contributed by atoms with Crippen LogP contribution in [0.3, 0.4) is 0 Å². The quantitative estimate of drug-likeness (QED) is 0.796. The maximum atomic E-state index is 12.7. The second-order valence-electron chi connectivity index (χ2n) is 5.68. The fourth-order valence-electron chi connectivity index (χ4n) is 2.26. The Morgan fingerprint density at radius 3 is 2.31 bits per heavy atom. The van der Waals surface area contributed by atoms with Crippen molar-refractivity contribution in [3.05, 3.63) is 64.1 Å². The molecule has 0 fully saturated rings. The summed E-state index contributed by atoms with van der Waals surface area (Å²) in [6.45, 7) is 1.36. The Kier molecular flexibility index (Phi) is 5.97. The van der Waals surface area contributed by atoms with E-state index in [-0.39, 0.29) is 11.5 Å². The van der Waals surface area contributed by atoms with Gasteiger partial charge in [0.2, 0.25) is 5.91 Å². The fraction of sp³-hybridized carbons (Fsp3) is 0.278. The molecule has 8 heteroatoms.